The van der Waals surface area contributed by atoms with E-state index in [1.54, 1.807) is 0 Å². The molecule has 292 valence electrons. The lowest BCUT2D eigenvalue weighted by Gasteiger charge is -2.42. The van der Waals surface area contributed by atoms with Crippen LogP contribution in [0.2, 0.25) is 0 Å². The lowest BCUT2D eigenvalue weighted by Crippen LogP contribution is -2.60. The van der Waals surface area contributed by atoms with Crippen molar-refractivity contribution in [2.45, 2.75) is 246 Å². The summed E-state index contributed by atoms with van der Waals surface area (Å²) in [5.74, 6) is -0.415. The normalized spacial score (nSPS) is 14.0. The maximum Gasteiger partial charge on any atom is 0.310 e. The van der Waals surface area contributed by atoms with Crippen molar-refractivity contribution in [3.63, 3.8) is 0 Å². The molecule has 0 aliphatic carbocycles. The molecule has 0 aromatic heterocycles. The molecule has 0 amide bonds. The third kappa shape index (κ3) is 29.2. The van der Waals surface area contributed by atoms with Gasteiger partial charge in [0.2, 0.25) is 12.5 Å². The zero-order valence-electron chi connectivity index (χ0n) is 33.7. The minimum absolute atomic E-state index is 0.0711. The Balaban J connectivity index is 3.97. The van der Waals surface area contributed by atoms with E-state index >= 15 is 0 Å². The van der Waals surface area contributed by atoms with Gasteiger partial charge in [-0.25, -0.2) is 0 Å². The van der Waals surface area contributed by atoms with Gasteiger partial charge in [-0.05, 0) is 12.8 Å². The molecule has 0 saturated heterocycles. The summed E-state index contributed by atoms with van der Waals surface area (Å²) in [5.41, 5.74) is 0. The molecule has 6 nitrogen and oxygen atoms in total. The second-order valence-electron chi connectivity index (χ2n) is 15.4. The van der Waals surface area contributed by atoms with Crippen molar-refractivity contribution in [3.05, 3.63) is 0 Å². The highest BCUT2D eigenvalue weighted by Crippen LogP contribution is 2.21. The lowest BCUT2D eigenvalue weighted by molar-refractivity contribution is -0.987. The Hall–Kier alpha value is -1.14. The molecule has 0 aromatic rings. The average Bonchev–Trinajstić information content (AvgIpc) is 3.08. The first kappa shape index (κ1) is 47.9. The average molecular weight is 697 g/mol. The number of esters is 2. The molecular formula is C43H86NO5+. The van der Waals surface area contributed by atoms with Crippen LogP contribution in [-0.2, 0) is 19.1 Å². The van der Waals surface area contributed by atoms with Crippen LogP contribution >= 0.6 is 0 Å². The number of hydrogen-bond donors (Lipinski definition) is 1. The summed E-state index contributed by atoms with van der Waals surface area (Å²) in [4.78, 5) is 25.3. The minimum Gasteiger partial charge on any atom is -0.413 e. The van der Waals surface area contributed by atoms with E-state index in [0.29, 0.717) is 19.4 Å². The van der Waals surface area contributed by atoms with Gasteiger partial charge in [0.1, 0.15) is 6.54 Å². The van der Waals surface area contributed by atoms with Crippen molar-refractivity contribution < 1.29 is 28.7 Å². The van der Waals surface area contributed by atoms with Crippen LogP contribution in [0.15, 0.2) is 0 Å². The van der Waals surface area contributed by atoms with E-state index in [9.17, 15) is 14.7 Å². The summed E-state index contributed by atoms with van der Waals surface area (Å²) < 4.78 is 11.8. The fourth-order valence-electron chi connectivity index (χ4n) is 6.90. The van der Waals surface area contributed by atoms with E-state index in [1.165, 1.54) is 167 Å². The molecule has 49 heavy (non-hydrogen) atoms. The van der Waals surface area contributed by atoms with Gasteiger partial charge in [-0.1, -0.05) is 194 Å². The molecule has 2 atom stereocenters. The highest BCUT2D eigenvalue weighted by Gasteiger charge is 2.39. The van der Waals surface area contributed by atoms with Crippen LogP contribution < -0.4 is 0 Å². The summed E-state index contributed by atoms with van der Waals surface area (Å²) in [7, 11) is 1.90. The second-order valence-corrected chi connectivity index (χ2v) is 15.4. The van der Waals surface area contributed by atoms with Crippen LogP contribution in [0.1, 0.15) is 233 Å². The molecule has 0 fully saturated rings. The maximum absolute atomic E-state index is 12.6. The van der Waals surface area contributed by atoms with Crippen LogP contribution in [0.25, 0.3) is 0 Å². The third-order valence-electron chi connectivity index (χ3n) is 10.8. The Morgan fingerprint density at radius 3 is 0.898 bits per heavy atom. The molecule has 0 aliphatic heterocycles. The van der Waals surface area contributed by atoms with E-state index in [2.05, 4.69) is 13.8 Å². The fourth-order valence-corrected chi connectivity index (χ4v) is 6.90. The highest BCUT2D eigenvalue weighted by atomic mass is 16.6. The van der Waals surface area contributed by atoms with Crippen LogP contribution in [0.3, 0.4) is 0 Å². The van der Waals surface area contributed by atoms with Crippen LogP contribution in [-0.4, -0.2) is 54.2 Å². The monoisotopic (exact) mass is 697 g/mol. The van der Waals surface area contributed by atoms with Gasteiger partial charge in [0.25, 0.3) is 0 Å². The fraction of sp³-hybridized carbons (Fsp3) is 0.953. The van der Waals surface area contributed by atoms with Crippen molar-refractivity contribution in [2.24, 2.45) is 0 Å². The molecule has 0 spiro atoms. The zero-order valence-corrected chi connectivity index (χ0v) is 33.7. The van der Waals surface area contributed by atoms with Crippen LogP contribution in [0, 0.1) is 0 Å². The largest absolute Gasteiger partial charge is 0.413 e. The Bertz CT molecular complexity index is 675. The summed E-state index contributed by atoms with van der Waals surface area (Å²) in [5, 5.41) is 9.78. The smallest absolute Gasteiger partial charge is 0.310 e. The maximum atomic E-state index is 12.6. The van der Waals surface area contributed by atoms with Gasteiger partial charge in [0.05, 0.1) is 13.7 Å². The van der Waals surface area contributed by atoms with E-state index in [1.807, 2.05) is 20.9 Å². The molecule has 0 radical (unpaired) electrons. The Kier molecular flexibility index (Phi) is 34.5. The number of nitrogens with zero attached hydrogens (tertiary/aromatic N) is 1. The van der Waals surface area contributed by atoms with Gasteiger partial charge >= 0.3 is 11.9 Å². The molecule has 0 rings (SSSR count). The molecule has 0 bridgehead atoms. The van der Waals surface area contributed by atoms with E-state index in [0.717, 1.165) is 25.7 Å². The molecule has 0 aliphatic rings. The predicted molar refractivity (Wildman–Crippen MR) is 208 cm³/mol. The minimum atomic E-state index is -0.510. The summed E-state index contributed by atoms with van der Waals surface area (Å²) >= 11 is 0. The van der Waals surface area contributed by atoms with Crippen molar-refractivity contribution >= 4 is 11.9 Å². The first-order valence-electron chi connectivity index (χ1n) is 21.7. The predicted octanol–water partition coefficient (Wildman–Crippen LogP) is 12.7. The van der Waals surface area contributed by atoms with Gasteiger partial charge in [0, 0.05) is 26.7 Å². The Morgan fingerprint density at radius 2 is 0.673 bits per heavy atom. The number of carbonyl (C=O) groups excluding carboxylic acids is 2. The summed E-state index contributed by atoms with van der Waals surface area (Å²) in [6, 6.07) is 0. The molecule has 0 saturated carbocycles. The van der Waals surface area contributed by atoms with Crippen molar-refractivity contribution in [2.75, 3.05) is 20.2 Å². The van der Waals surface area contributed by atoms with Gasteiger partial charge in [-0.2, -0.15) is 0 Å². The highest BCUT2D eigenvalue weighted by molar-refractivity contribution is 5.69. The van der Waals surface area contributed by atoms with Crippen LogP contribution in [0.5, 0.6) is 0 Å². The van der Waals surface area contributed by atoms with Crippen molar-refractivity contribution in [1.29, 1.82) is 0 Å². The number of hydrogen-bond acceptors (Lipinski definition) is 5. The van der Waals surface area contributed by atoms with Gasteiger partial charge in [-0.3, -0.25) is 14.1 Å². The number of unbranched alkanes of at least 4 members (excludes halogenated alkanes) is 28. The van der Waals surface area contributed by atoms with Gasteiger partial charge in [-0.15, -0.1) is 0 Å². The van der Waals surface area contributed by atoms with Crippen molar-refractivity contribution in [1.82, 2.24) is 0 Å². The Morgan fingerprint density at radius 1 is 0.449 bits per heavy atom. The standard InChI is InChI=1S/C43H86NO5/c1-6-8-10-12-14-16-18-20-22-24-26-28-30-32-34-36-42(46)48-40(3)44(5,38-39-45)41(4)49-43(47)37-35-33-31-29-27-25-23-21-19-17-15-13-11-9-7-2/h40-41,45H,6-39H2,1-5H3/q+1. The molecule has 0 aromatic carbocycles. The molecule has 2 unspecified atom stereocenters. The number of likely N-dealkylation sites (N-methyl/N-ethyl adjacent to an activating group) is 1. The number of carbonyl (C=O) groups is 2. The second kappa shape index (κ2) is 35.3. The van der Waals surface area contributed by atoms with Crippen molar-refractivity contribution in [3.8, 4) is 0 Å². The number of ether oxygens (including phenoxy) is 2. The SMILES string of the molecule is CCCCCCCCCCCCCCCCCC(=O)OC(C)[N+](C)(CCO)C(C)OC(=O)CCCCCCCCCCCCCCCCC. The molecule has 6 heteroatoms. The number of aliphatic hydroxyl groups is 1. The van der Waals surface area contributed by atoms with E-state index in [4.69, 9.17) is 9.47 Å². The van der Waals surface area contributed by atoms with Crippen LogP contribution in [0.4, 0.5) is 0 Å². The third-order valence-corrected chi connectivity index (χ3v) is 10.8. The quantitative estimate of drug-likeness (QED) is 0.0301. The molecular weight excluding hydrogens is 610 g/mol. The summed E-state index contributed by atoms with van der Waals surface area (Å²) in [6.45, 7) is 8.52. The van der Waals surface area contributed by atoms with E-state index < -0.39 is 12.5 Å². The summed E-state index contributed by atoms with van der Waals surface area (Å²) in [6.07, 6.45) is 38.6. The number of aliphatic hydroxyl groups excluding tert-OH is 1. The van der Waals surface area contributed by atoms with E-state index in [-0.39, 0.29) is 23.0 Å². The Labute approximate surface area is 305 Å². The molecule has 1 N–H and O–H groups in total. The first-order chi connectivity index (χ1) is 23.8. The lowest BCUT2D eigenvalue weighted by atomic mass is 10.0. The zero-order chi connectivity index (χ0) is 36.3. The topological polar surface area (TPSA) is 72.8 Å². The first-order valence-corrected chi connectivity index (χ1v) is 21.7. The molecule has 0 heterocycles. The van der Waals surface area contributed by atoms with Gasteiger partial charge in [0.15, 0.2) is 0 Å². The number of rotatable bonds is 38. The number of quaternary nitrogens is 1. The van der Waals surface area contributed by atoms with Gasteiger partial charge < -0.3 is 14.6 Å².